The first-order valence-electron chi connectivity index (χ1n) is 13.9. The maximum absolute atomic E-state index is 7.46. The molecule has 38 heavy (non-hydrogen) atoms. The van der Waals surface area contributed by atoms with Crippen LogP contribution in [0.3, 0.4) is 0 Å². The lowest BCUT2D eigenvalue weighted by molar-refractivity contribution is 0.0722. The summed E-state index contributed by atoms with van der Waals surface area (Å²) in [6.07, 6.45) is 0. The van der Waals surface area contributed by atoms with E-state index in [2.05, 4.69) is 94.4 Å². The highest BCUT2D eigenvalue weighted by atomic mass is 28.5. The van der Waals surface area contributed by atoms with Crippen LogP contribution in [0.1, 0.15) is 20.8 Å². The summed E-state index contributed by atoms with van der Waals surface area (Å²) >= 11 is 0. The Kier molecular flexibility index (Phi) is 12.6. The lowest BCUT2D eigenvalue weighted by Gasteiger charge is -2.44. The van der Waals surface area contributed by atoms with Crippen LogP contribution < -0.4 is 10.4 Å². The van der Waals surface area contributed by atoms with E-state index >= 15 is 0 Å². The average molecular weight is 611 g/mol. The van der Waals surface area contributed by atoms with Crippen LogP contribution in [0, 0.1) is 0 Å². The molecule has 2 aromatic rings. The van der Waals surface area contributed by atoms with Gasteiger partial charge in [-0.2, -0.15) is 0 Å². The first-order chi connectivity index (χ1) is 17.7. The van der Waals surface area contributed by atoms with Crippen LogP contribution in [-0.4, -0.2) is 62.4 Å². The standard InChI is InChI=1S/C27H50O6Si5/c1-11-28-37(29-12-2,30-13-3)25-24-35(7,8)32-38(26-20-16-14-17-21-26,27-22-18-15-19-23-27)33-36(9,10)31-34(4,5)6/h14-23H,11-13,24-25H2,1-10H3. The third kappa shape index (κ3) is 10.0. The van der Waals surface area contributed by atoms with Crippen LogP contribution in [0.2, 0.25) is 57.9 Å². The molecule has 0 unspecified atom stereocenters. The van der Waals surface area contributed by atoms with Gasteiger partial charge in [-0.1, -0.05) is 60.7 Å². The SMILES string of the molecule is CCO[Si](CC[Si](C)(C)O[Si](O[Si](C)(C)O[Si](C)(C)C)(c1ccccc1)c1ccccc1)(OCC)OCC. The summed E-state index contributed by atoms with van der Waals surface area (Å²) < 4.78 is 40.0. The van der Waals surface area contributed by atoms with Crippen LogP contribution in [-0.2, 0) is 25.6 Å². The average Bonchev–Trinajstić information content (AvgIpc) is 2.82. The van der Waals surface area contributed by atoms with E-state index in [1.165, 1.54) is 0 Å². The summed E-state index contributed by atoms with van der Waals surface area (Å²) in [5, 5.41) is 2.21. The molecule has 0 heterocycles. The summed E-state index contributed by atoms with van der Waals surface area (Å²) in [5.74, 6) is 0. The van der Waals surface area contributed by atoms with Gasteiger partial charge in [-0.15, -0.1) is 0 Å². The predicted octanol–water partition coefficient (Wildman–Crippen LogP) is 6.08. The zero-order chi connectivity index (χ0) is 28.5. The Bertz CT molecular complexity index is 897. The largest absolute Gasteiger partial charge is 0.500 e. The maximum Gasteiger partial charge on any atom is 0.500 e. The molecule has 0 N–H and O–H groups in total. The maximum atomic E-state index is 7.46. The first-order valence-corrected chi connectivity index (χ1v) is 26.9. The molecule has 0 amide bonds. The van der Waals surface area contributed by atoms with E-state index in [1.807, 2.05) is 32.9 Å². The van der Waals surface area contributed by atoms with Gasteiger partial charge in [-0.3, -0.25) is 0 Å². The van der Waals surface area contributed by atoms with Gasteiger partial charge in [-0.05, 0) is 83.0 Å². The van der Waals surface area contributed by atoms with E-state index in [0.717, 1.165) is 22.5 Å². The van der Waals surface area contributed by atoms with Gasteiger partial charge in [0, 0.05) is 25.9 Å². The second-order valence-electron chi connectivity index (χ2n) is 11.4. The quantitative estimate of drug-likeness (QED) is 0.202. The molecule has 0 fully saturated rings. The molecule has 0 aliphatic carbocycles. The van der Waals surface area contributed by atoms with E-state index in [4.69, 9.17) is 25.6 Å². The predicted molar refractivity (Wildman–Crippen MR) is 170 cm³/mol. The zero-order valence-corrected chi connectivity index (χ0v) is 30.3. The van der Waals surface area contributed by atoms with Crippen LogP contribution in [0.25, 0.3) is 0 Å². The molecule has 11 heteroatoms. The van der Waals surface area contributed by atoms with Gasteiger partial charge in [0.1, 0.15) is 0 Å². The smallest absolute Gasteiger partial charge is 0.437 e. The van der Waals surface area contributed by atoms with Gasteiger partial charge in [0.25, 0.3) is 0 Å². The van der Waals surface area contributed by atoms with Gasteiger partial charge >= 0.3 is 25.9 Å². The summed E-state index contributed by atoms with van der Waals surface area (Å²) in [6, 6.07) is 22.6. The Balaban J connectivity index is 2.57. The van der Waals surface area contributed by atoms with E-state index in [9.17, 15) is 0 Å². The van der Waals surface area contributed by atoms with E-state index in [-0.39, 0.29) is 0 Å². The van der Waals surface area contributed by atoms with Crippen molar-refractivity contribution in [1.82, 2.24) is 0 Å². The lowest BCUT2D eigenvalue weighted by Crippen LogP contribution is -2.71. The zero-order valence-electron chi connectivity index (χ0n) is 25.3. The highest BCUT2D eigenvalue weighted by molar-refractivity contribution is 7.02. The van der Waals surface area contributed by atoms with Crippen LogP contribution in [0.4, 0.5) is 0 Å². The third-order valence-corrected chi connectivity index (χ3v) is 23.9. The Labute approximate surface area is 237 Å². The summed E-state index contributed by atoms with van der Waals surface area (Å²) in [4.78, 5) is 0. The Morgan fingerprint density at radius 2 is 0.947 bits per heavy atom. The second kappa shape index (κ2) is 14.3. The van der Waals surface area contributed by atoms with Crippen molar-refractivity contribution in [2.45, 2.75) is 78.7 Å². The van der Waals surface area contributed by atoms with Crippen molar-refractivity contribution in [3.8, 4) is 0 Å². The summed E-state index contributed by atoms with van der Waals surface area (Å²) in [5.41, 5.74) is 0. The van der Waals surface area contributed by atoms with Gasteiger partial charge in [0.2, 0.25) is 0 Å². The molecular formula is C27H50O6Si5. The fourth-order valence-electron chi connectivity index (χ4n) is 4.74. The summed E-state index contributed by atoms with van der Waals surface area (Å²) in [6.45, 7) is 23.2. The normalized spacial score (nSPS) is 13.6. The van der Waals surface area contributed by atoms with E-state index in [1.54, 1.807) is 0 Å². The van der Waals surface area contributed by atoms with Gasteiger partial charge in [-0.25, -0.2) is 0 Å². The minimum absolute atomic E-state index is 0.568. The molecule has 0 saturated carbocycles. The van der Waals surface area contributed by atoms with Crippen molar-refractivity contribution in [2.75, 3.05) is 19.8 Å². The van der Waals surface area contributed by atoms with Gasteiger partial charge < -0.3 is 25.6 Å². The number of hydrogen-bond acceptors (Lipinski definition) is 6. The lowest BCUT2D eigenvalue weighted by atomic mass is 10.4. The van der Waals surface area contributed by atoms with Crippen molar-refractivity contribution < 1.29 is 25.6 Å². The van der Waals surface area contributed by atoms with Crippen molar-refractivity contribution in [3.63, 3.8) is 0 Å². The Morgan fingerprint density at radius 3 is 1.32 bits per heavy atom. The molecular weight excluding hydrogens is 561 g/mol. The minimum Gasteiger partial charge on any atom is -0.437 e. The van der Waals surface area contributed by atoms with Crippen molar-refractivity contribution in [3.05, 3.63) is 60.7 Å². The second-order valence-corrected chi connectivity index (χ2v) is 30.0. The molecule has 2 rings (SSSR count). The molecule has 0 radical (unpaired) electrons. The molecule has 0 spiro atoms. The molecule has 6 nitrogen and oxygen atoms in total. The topological polar surface area (TPSA) is 55.4 Å². The van der Waals surface area contributed by atoms with Crippen molar-refractivity contribution in [2.24, 2.45) is 0 Å². The fourth-order valence-corrected chi connectivity index (χ4v) is 27.1. The van der Waals surface area contributed by atoms with Crippen molar-refractivity contribution >= 4 is 52.9 Å². The molecule has 0 atom stereocenters. The number of rotatable bonds is 17. The molecule has 0 bridgehead atoms. The number of hydrogen-bond donors (Lipinski definition) is 0. The highest BCUT2D eigenvalue weighted by Crippen LogP contribution is 2.29. The fraction of sp³-hybridized carbons (Fsp3) is 0.556. The van der Waals surface area contributed by atoms with Crippen LogP contribution in [0.15, 0.2) is 60.7 Å². The Morgan fingerprint density at radius 1 is 0.526 bits per heavy atom. The highest BCUT2D eigenvalue weighted by Gasteiger charge is 2.53. The molecule has 2 aromatic carbocycles. The number of benzene rings is 2. The molecule has 0 aliphatic rings. The van der Waals surface area contributed by atoms with Crippen molar-refractivity contribution in [1.29, 1.82) is 0 Å². The van der Waals surface area contributed by atoms with E-state index < -0.39 is 42.6 Å². The van der Waals surface area contributed by atoms with Gasteiger partial charge in [0.15, 0.2) is 16.6 Å². The summed E-state index contributed by atoms with van der Waals surface area (Å²) in [7, 11) is -12.7. The van der Waals surface area contributed by atoms with E-state index in [0.29, 0.717) is 19.8 Å². The van der Waals surface area contributed by atoms with Crippen LogP contribution in [0.5, 0.6) is 0 Å². The molecule has 0 saturated heterocycles. The minimum atomic E-state index is -3.16. The Hall–Kier alpha value is -0.716. The first kappa shape index (κ1) is 33.5. The molecule has 0 aliphatic heterocycles. The van der Waals surface area contributed by atoms with Gasteiger partial charge in [0.05, 0.1) is 0 Å². The molecule has 214 valence electrons. The van der Waals surface area contributed by atoms with Crippen LogP contribution >= 0.6 is 0 Å². The molecule has 0 aromatic heterocycles. The monoisotopic (exact) mass is 610 g/mol. The third-order valence-electron chi connectivity index (χ3n) is 5.80.